The lowest BCUT2D eigenvalue weighted by Gasteiger charge is -2.15. The highest BCUT2D eigenvalue weighted by atomic mass is 35.5. The molecule has 32 heavy (non-hydrogen) atoms. The van der Waals surface area contributed by atoms with Crippen LogP contribution in [0.15, 0.2) is 48.8 Å². The van der Waals surface area contributed by atoms with E-state index in [4.69, 9.17) is 10.5 Å². The molecule has 0 unspecified atom stereocenters. The van der Waals surface area contributed by atoms with Crippen molar-refractivity contribution in [3.8, 4) is 16.2 Å². The molecule has 3 aromatic rings. The zero-order valence-electron chi connectivity index (χ0n) is 17.8. The van der Waals surface area contributed by atoms with E-state index in [9.17, 15) is 4.79 Å². The van der Waals surface area contributed by atoms with E-state index < -0.39 is 0 Å². The van der Waals surface area contributed by atoms with Crippen molar-refractivity contribution >= 4 is 34.8 Å². The molecule has 4 rings (SSSR count). The summed E-state index contributed by atoms with van der Waals surface area (Å²) in [5.41, 5.74) is 8.36. The van der Waals surface area contributed by atoms with E-state index in [2.05, 4.69) is 32.3 Å². The Balaban J connectivity index is 0.00000289. The molecule has 170 valence electrons. The zero-order chi connectivity index (χ0) is 21.5. The molecule has 0 radical (unpaired) electrons. The molecule has 0 atom stereocenters. The SMILES string of the molecule is Cl.Nc1nc(C(=O)NCCCOc2cccc(CN3CCCC3)c2)c(-c2ccncc2)s1. The number of anilines is 1. The van der Waals surface area contributed by atoms with Crippen LogP contribution in [0.5, 0.6) is 5.75 Å². The van der Waals surface area contributed by atoms with Crippen molar-refractivity contribution in [2.24, 2.45) is 0 Å². The molecule has 1 amide bonds. The highest BCUT2D eigenvalue weighted by molar-refractivity contribution is 7.19. The molecule has 9 heteroatoms. The second kappa shape index (κ2) is 11.8. The maximum Gasteiger partial charge on any atom is 0.271 e. The van der Waals surface area contributed by atoms with Crippen LogP contribution in [0.4, 0.5) is 5.13 Å². The summed E-state index contributed by atoms with van der Waals surface area (Å²) in [7, 11) is 0. The van der Waals surface area contributed by atoms with E-state index >= 15 is 0 Å². The van der Waals surface area contributed by atoms with Crippen molar-refractivity contribution in [2.45, 2.75) is 25.8 Å². The summed E-state index contributed by atoms with van der Waals surface area (Å²) < 4.78 is 5.89. The van der Waals surface area contributed by atoms with Gasteiger partial charge in [-0.1, -0.05) is 23.5 Å². The molecule has 3 N–H and O–H groups in total. The van der Waals surface area contributed by atoms with E-state index in [-0.39, 0.29) is 18.3 Å². The number of pyridine rings is 1. The van der Waals surface area contributed by atoms with Gasteiger partial charge < -0.3 is 15.8 Å². The first-order valence-corrected chi connectivity index (χ1v) is 11.4. The fourth-order valence-electron chi connectivity index (χ4n) is 3.67. The Bertz CT molecular complexity index is 1010. The van der Waals surface area contributed by atoms with Crippen LogP contribution in [0.25, 0.3) is 10.4 Å². The Kier molecular flexibility index (Phi) is 8.84. The highest BCUT2D eigenvalue weighted by Crippen LogP contribution is 2.31. The van der Waals surface area contributed by atoms with Crippen LogP contribution >= 0.6 is 23.7 Å². The molecule has 0 spiro atoms. The summed E-state index contributed by atoms with van der Waals surface area (Å²) in [6.07, 6.45) is 6.65. The number of hydrogen-bond acceptors (Lipinski definition) is 7. The van der Waals surface area contributed by atoms with E-state index in [1.54, 1.807) is 12.4 Å². The molecule has 1 aliphatic rings. The number of nitrogens with zero attached hydrogens (tertiary/aromatic N) is 3. The Labute approximate surface area is 198 Å². The summed E-state index contributed by atoms with van der Waals surface area (Å²) in [4.78, 5) is 24.1. The molecular formula is C23H28ClN5O2S. The molecule has 1 aliphatic heterocycles. The average Bonchev–Trinajstić information content (AvgIpc) is 3.44. The summed E-state index contributed by atoms with van der Waals surface area (Å²) in [6.45, 7) is 4.36. The van der Waals surface area contributed by atoms with Crippen LogP contribution in [-0.4, -0.2) is 47.0 Å². The number of likely N-dealkylation sites (tertiary alicyclic amines) is 1. The number of ether oxygens (including phenoxy) is 1. The number of halogens is 1. The summed E-state index contributed by atoms with van der Waals surface area (Å²) >= 11 is 1.30. The highest BCUT2D eigenvalue weighted by Gasteiger charge is 2.18. The molecule has 1 saturated heterocycles. The molecule has 1 aromatic carbocycles. The minimum atomic E-state index is -0.229. The van der Waals surface area contributed by atoms with Crippen molar-refractivity contribution in [1.29, 1.82) is 0 Å². The number of amides is 1. The van der Waals surface area contributed by atoms with Gasteiger partial charge in [0.2, 0.25) is 0 Å². The van der Waals surface area contributed by atoms with Crippen molar-refractivity contribution in [2.75, 3.05) is 32.0 Å². The largest absolute Gasteiger partial charge is 0.494 e. The van der Waals surface area contributed by atoms with Gasteiger partial charge in [0.15, 0.2) is 5.13 Å². The third kappa shape index (κ3) is 6.41. The molecule has 1 fully saturated rings. The average molecular weight is 474 g/mol. The van der Waals surface area contributed by atoms with Gasteiger partial charge in [-0.2, -0.15) is 0 Å². The Morgan fingerprint density at radius 3 is 2.75 bits per heavy atom. The standard InChI is InChI=1S/C23H27N5O2S.ClH/c24-23-27-20(21(31-23)18-7-10-25-11-8-18)22(29)26-9-4-14-30-19-6-3-5-17(15-19)16-28-12-1-2-13-28;/h3,5-8,10-11,15H,1-2,4,9,12-14,16H2,(H2,24,27)(H,26,29);1H. The van der Waals surface area contributed by atoms with Crippen molar-refractivity contribution in [1.82, 2.24) is 20.2 Å². The summed E-state index contributed by atoms with van der Waals surface area (Å²) in [5.74, 6) is 0.641. The van der Waals surface area contributed by atoms with Crippen LogP contribution < -0.4 is 15.8 Å². The number of nitrogen functional groups attached to an aromatic ring is 1. The Hall–Kier alpha value is -2.68. The second-order valence-electron chi connectivity index (χ2n) is 7.55. The van der Waals surface area contributed by atoms with Gasteiger partial charge in [-0.25, -0.2) is 4.98 Å². The van der Waals surface area contributed by atoms with Crippen molar-refractivity contribution in [3.05, 3.63) is 60.0 Å². The van der Waals surface area contributed by atoms with Gasteiger partial charge in [-0.05, 0) is 67.7 Å². The van der Waals surface area contributed by atoms with Gasteiger partial charge in [0.05, 0.1) is 11.5 Å². The fraction of sp³-hybridized carbons (Fsp3) is 0.348. The van der Waals surface area contributed by atoms with Gasteiger partial charge >= 0.3 is 0 Å². The number of carbonyl (C=O) groups excluding carboxylic acids is 1. The monoisotopic (exact) mass is 473 g/mol. The van der Waals surface area contributed by atoms with Crippen LogP contribution in [0.3, 0.4) is 0 Å². The van der Waals surface area contributed by atoms with E-state index in [1.807, 2.05) is 24.3 Å². The number of nitrogens with two attached hydrogens (primary N) is 1. The van der Waals surface area contributed by atoms with E-state index in [0.717, 1.165) is 22.7 Å². The molecule has 3 heterocycles. The topological polar surface area (TPSA) is 93.4 Å². The van der Waals surface area contributed by atoms with Crippen LogP contribution in [0.2, 0.25) is 0 Å². The first-order valence-electron chi connectivity index (χ1n) is 10.6. The lowest BCUT2D eigenvalue weighted by atomic mass is 10.2. The van der Waals surface area contributed by atoms with Crippen molar-refractivity contribution in [3.63, 3.8) is 0 Å². The van der Waals surface area contributed by atoms with Crippen LogP contribution in [0.1, 0.15) is 35.3 Å². The Morgan fingerprint density at radius 1 is 1.19 bits per heavy atom. The number of carbonyl (C=O) groups is 1. The third-order valence-corrected chi connectivity index (χ3v) is 6.11. The molecule has 0 aliphatic carbocycles. The third-order valence-electron chi connectivity index (χ3n) is 5.18. The molecule has 0 saturated carbocycles. The quantitative estimate of drug-likeness (QED) is 0.456. The van der Waals surface area contributed by atoms with E-state index in [0.29, 0.717) is 30.4 Å². The van der Waals surface area contributed by atoms with Crippen molar-refractivity contribution < 1.29 is 9.53 Å². The van der Waals surface area contributed by atoms with Gasteiger partial charge in [0, 0.05) is 25.5 Å². The zero-order valence-corrected chi connectivity index (χ0v) is 19.5. The van der Waals surface area contributed by atoms with Gasteiger partial charge in [-0.15, -0.1) is 12.4 Å². The minimum Gasteiger partial charge on any atom is -0.494 e. The lowest BCUT2D eigenvalue weighted by molar-refractivity contribution is 0.0948. The first kappa shape index (κ1) is 24.0. The maximum absolute atomic E-state index is 12.6. The maximum atomic E-state index is 12.6. The van der Waals surface area contributed by atoms with Gasteiger partial charge in [0.1, 0.15) is 11.4 Å². The number of rotatable bonds is 9. The number of nitrogens with one attached hydrogen (secondary N) is 1. The molecule has 0 bridgehead atoms. The predicted octanol–water partition coefficient (Wildman–Crippen LogP) is 4.00. The van der Waals surface area contributed by atoms with E-state index in [1.165, 1.54) is 42.8 Å². The van der Waals surface area contributed by atoms with Crippen LogP contribution in [-0.2, 0) is 6.54 Å². The first-order chi connectivity index (χ1) is 15.2. The lowest BCUT2D eigenvalue weighted by Crippen LogP contribution is -2.26. The van der Waals surface area contributed by atoms with Crippen LogP contribution in [0, 0.1) is 0 Å². The molecule has 7 nitrogen and oxygen atoms in total. The number of benzene rings is 1. The number of hydrogen-bond donors (Lipinski definition) is 2. The fourth-order valence-corrected chi connectivity index (χ4v) is 4.50. The summed E-state index contributed by atoms with van der Waals surface area (Å²) in [5, 5.41) is 3.29. The summed E-state index contributed by atoms with van der Waals surface area (Å²) in [6, 6.07) is 12.0. The molecular weight excluding hydrogens is 446 g/mol. The Morgan fingerprint density at radius 2 is 1.97 bits per heavy atom. The second-order valence-corrected chi connectivity index (χ2v) is 8.58. The minimum absolute atomic E-state index is 0. The predicted molar refractivity (Wildman–Crippen MR) is 130 cm³/mol. The number of thiazole rings is 1. The normalized spacial score (nSPS) is 13.5. The number of aromatic nitrogens is 2. The van der Waals surface area contributed by atoms with Gasteiger partial charge in [-0.3, -0.25) is 14.7 Å². The smallest absolute Gasteiger partial charge is 0.271 e. The molecule has 2 aromatic heterocycles. The van der Waals surface area contributed by atoms with Gasteiger partial charge in [0.25, 0.3) is 5.91 Å².